The Kier molecular flexibility index (Phi) is 7.94. The zero-order valence-corrected chi connectivity index (χ0v) is 20.8. The molecule has 0 saturated heterocycles. The first kappa shape index (κ1) is 24.5. The number of imide groups is 1. The van der Waals surface area contributed by atoms with Gasteiger partial charge < -0.3 is 5.32 Å². The zero-order chi connectivity index (χ0) is 24.0. The highest BCUT2D eigenvalue weighted by Gasteiger charge is 2.15. The minimum absolute atomic E-state index is 0.0136. The maximum absolute atomic E-state index is 12.3. The van der Waals surface area contributed by atoms with Crippen LogP contribution in [0.1, 0.15) is 47.1 Å². The third-order valence-corrected chi connectivity index (χ3v) is 6.04. The van der Waals surface area contributed by atoms with Crippen LogP contribution in [0, 0.1) is 0 Å². The molecule has 0 unspecified atom stereocenters. The molecule has 0 aliphatic rings. The SMILES string of the molecule is CC(C)(C)c1ccc(C(=O)NC(=O)NSc2ccc(NC(=O)c3ccc(Br)cc3)cc2)cc1. The van der Waals surface area contributed by atoms with Gasteiger partial charge in [-0.15, -0.1) is 0 Å². The average molecular weight is 526 g/mol. The Morgan fingerprint density at radius 2 is 1.30 bits per heavy atom. The second-order valence-corrected chi connectivity index (χ2v) is 10.1. The van der Waals surface area contributed by atoms with Crippen molar-refractivity contribution in [2.45, 2.75) is 31.1 Å². The summed E-state index contributed by atoms with van der Waals surface area (Å²) in [4.78, 5) is 37.4. The van der Waals surface area contributed by atoms with Gasteiger partial charge >= 0.3 is 6.03 Å². The monoisotopic (exact) mass is 525 g/mol. The number of carbonyl (C=O) groups is 3. The molecule has 6 nitrogen and oxygen atoms in total. The normalized spacial score (nSPS) is 10.9. The van der Waals surface area contributed by atoms with Gasteiger partial charge in [0.25, 0.3) is 11.8 Å². The maximum atomic E-state index is 12.3. The Hall–Kier alpha value is -3.10. The van der Waals surface area contributed by atoms with Crippen molar-refractivity contribution >= 4 is 51.4 Å². The molecule has 8 heteroatoms. The fourth-order valence-electron chi connectivity index (χ4n) is 2.84. The van der Waals surface area contributed by atoms with Gasteiger partial charge in [0, 0.05) is 26.2 Å². The minimum atomic E-state index is -0.613. The molecule has 0 atom stereocenters. The van der Waals surface area contributed by atoms with Crippen LogP contribution in [-0.2, 0) is 5.41 Å². The largest absolute Gasteiger partial charge is 0.331 e. The summed E-state index contributed by atoms with van der Waals surface area (Å²) in [6.45, 7) is 6.28. The molecule has 4 amide bonds. The summed E-state index contributed by atoms with van der Waals surface area (Å²) in [7, 11) is 0. The van der Waals surface area contributed by atoms with Crippen LogP contribution in [0.2, 0.25) is 0 Å². The molecule has 33 heavy (non-hydrogen) atoms. The Balaban J connectivity index is 1.48. The number of amides is 4. The van der Waals surface area contributed by atoms with E-state index in [1.165, 1.54) is 0 Å². The number of urea groups is 1. The molecule has 0 fully saturated rings. The maximum Gasteiger partial charge on any atom is 0.331 e. The smallest absolute Gasteiger partial charge is 0.322 e. The predicted molar refractivity (Wildman–Crippen MR) is 136 cm³/mol. The Bertz CT molecular complexity index is 1140. The summed E-state index contributed by atoms with van der Waals surface area (Å²) < 4.78 is 3.48. The van der Waals surface area contributed by atoms with E-state index < -0.39 is 11.9 Å². The fourth-order valence-corrected chi connectivity index (χ4v) is 3.64. The average Bonchev–Trinajstić information content (AvgIpc) is 2.78. The van der Waals surface area contributed by atoms with Gasteiger partial charge in [0.2, 0.25) is 0 Å². The Morgan fingerprint density at radius 1 is 0.758 bits per heavy atom. The summed E-state index contributed by atoms with van der Waals surface area (Å²) in [6.07, 6.45) is 0. The van der Waals surface area contributed by atoms with Crippen molar-refractivity contribution in [2.24, 2.45) is 0 Å². The number of benzene rings is 3. The standard InChI is InChI=1S/C25H24BrN3O3S/c1-25(2,3)18-8-4-16(5-9-18)23(31)28-24(32)29-33-21-14-12-20(13-15-21)27-22(30)17-6-10-19(26)11-7-17/h4-15H,1-3H3,(H,27,30)(H2,28,29,31,32). The van der Waals surface area contributed by atoms with Gasteiger partial charge in [-0.05, 0) is 83.6 Å². The Labute approximate surface area is 205 Å². The van der Waals surface area contributed by atoms with Gasteiger partial charge in [-0.25, -0.2) is 4.79 Å². The lowest BCUT2D eigenvalue weighted by atomic mass is 9.87. The van der Waals surface area contributed by atoms with Gasteiger partial charge in [-0.2, -0.15) is 0 Å². The van der Waals surface area contributed by atoms with Gasteiger partial charge in [0.05, 0.1) is 0 Å². The molecule has 0 aliphatic heterocycles. The van der Waals surface area contributed by atoms with Crippen LogP contribution in [0.15, 0.2) is 82.2 Å². The number of halogens is 1. The third-order valence-electron chi connectivity index (χ3n) is 4.72. The molecular weight excluding hydrogens is 502 g/mol. The molecule has 0 heterocycles. The first-order valence-electron chi connectivity index (χ1n) is 10.2. The van der Waals surface area contributed by atoms with Crippen LogP contribution in [-0.4, -0.2) is 17.8 Å². The molecule has 0 saturated carbocycles. The summed E-state index contributed by atoms with van der Waals surface area (Å²) in [5.74, 6) is -0.686. The van der Waals surface area contributed by atoms with Gasteiger partial charge in [-0.1, -0.05) is 48.8 Å². The van der Waals surface area contributed by atoms with Crippen molar-refractivity contribution in [1.82, 2.24) is 10.0 Å². The van der Waals surface area contributed by atoms with Gasteiger partial charge in [0.15, 0.2) is 0 Å². The van der Waals surface area contributed by atoms with E-state index in [9.17, 15) is 14.4 Å². The molecule has 3 rings (SSSR count). The number of hydrogen-bond donors (Lipinski definition) is 3. The van der Waals surface area contributed by atoms with Crippen LogP contribution in [0.25, 0.3) is 0 Å². The van der Waals surface area contributed by atoms with E-state index >= 15 is 0 Å². The molecule has 0 radical (unpaired) electrons. The number of hydrogen-bond acceptors (Lipinski definition) is 4. The van der Waals surface area contributed by atoms with E-state index in [0.29, 0.717) is 16.8 Å². The molecule has 3 aromatic carbocycles. The van der Waals surface area contributed by atoms with Crippen molar-refractivity contribution in [3.05, 3.63) is 94.0 Å². The van der Waals surface area contributed by atoms with Crippen molar-refractivity contribution in [1.29, 1.82) is 0 Å². The minimum Gasteiger partial charge on any atom is -0.322 e. The quantitative estimate of drug-likeness (QED) is 0.349. The third kappa shape index (κ3) is 7.20. The predicted octanol–water partition coefficient (Wildman–Crippen LogP) is 6.15. The lowest BCUT2D eigenvalue weighted by molar-refractivity contribution is 0.0964. The summed E-state index contributed by atoms with van der Waals surface area (Å²) in [6, 6.07) is 20.6. The summed E-state index contributed by atoms with van der Waals surface area (Å²) >= 11 is 4.41. The van der Waals surface area contributed by atoms with E-state index in [0.717, 1.165) is 26.9 Å². The van der Waals surface area contributed by atoms with Crippen LogP contribution in [0.5, 0.6) is 0 Å². The molecule has 0 aliphatic carbocycles. The van der Waals surface area contributed by atoms with Crippen molar-refractivity contribution in [3.63, 3.8) is 0 Å². The lowest BCUT2D eigenvalue weighted by Crippen LogP contribution is -2.36. The summed E-state index contributed by atoms with van der Waals surface area (Å²) in [5.41, 5.74) is 2.68. The number of rotatable bonds is 5. The summed E-state index contributed by atoms with van der Waals surface area (Å²) in [5, 5.41) is 5.13. The van der Waals surface area contributed by atoms with Crippen LogP contribution in [0.4, 0.5) is 10.5 Å². The first-order valence-corrected chi connectivity index (χ1v) is 11.8. The zero-order valence-electron chi connectivity index (χ0n) is 18.4. The van der Waals surface area contributed by atoms with E-state index in [1.54, 1.807) is 60.7 Å². The number of anilines is 1. The van der Waals surface area contributed by atoms with E-state index in [1.807, 2.05) is 12.1 Å². The van der Waals surface area contributed by atoms with Crippen LogP contribution < -0.4 is 15.4 Å². The molecule has 3 N–H and O–H groups in total. The van der Waals surface area contributed by atoms with Gasteiger partial charge in [0.1, 0.15) is 0 Å². The molecular formula is C25H24BrN3O3S. The highest BCUT2D eigenvalue weighted by Crippen LogP contribution is 2.22. The second-order valence-electron chi connectivity index (χ2n) is 8.30. The van der Waals surface area contributed by atoms with Crippen LogP contribution in [0.3, 0.4) is 0 Å². The van der Waals surface area contributed by atoms with Crippen molar-refractivity contribution in [3.8, 4) is 0 Å². The second kappa shape index (κ2) is 10.7. The Morgan fingerprint density at radius 3 is 1.88 bits per heavy atom. The molecule has 170 valence electrons. The van der Waals surface area contributed by atoms with E-state index in [-0.39, 0.29) is 11.3 Å². The van der Waals surface area contributed by atoms with Gasteiger partial charge in [-0.3, -0.25) is 19.6 Å². The number of nitrogens with one attached hydrogen (secondary N) is 3. The molecule has 0 spiro atoms. The van der Waals surface area contributed by atoms with E-state index in [2.05, 4.69) is 52.1 Å². The molecule has 0 aromatic heterocycles. The van der Waals surface area contributed by atoms with Crippen molar-refractivity contribution in [2.75, 3.05) is 5.32 Å². The van der Waals surface area contributed by atoms with Crippen molar-refractivity contribution < 1.29 is 14.4 Å². The first-order chi connectivity index (χ1) is 15.6. The van der Waals surface area contributed by atoms with E-state index in [4.69, 9.17) is 0 Å². The lowest BCUT2D eigenvalue weighted by Gasteiger charge is -2.19. The van der Waals surface area contributed by atoms with Crippen LogP contribution >= 0.6 is 27.9 Å². The molecule has 0 bridgehead atoms. The highest BCUT2D eigenvalue weighted by atomic mass is 79.9. The highest BCUT2D eigenvalue weighted by molar-refractivity contribution is 9.10. The molecule has 3 aromatic rings. The fraction of sp³-hybridized carbons (Fsp3) is 0.160. The topological polar surface area (TPSA) is 87.3 Å². The number of carbonyl (C=O) groups excluding carboxylic acids is 3.